The Balaban J connectivity index is 1.46. The predicted molar refractivity (Wildman–Crippen MR) is 104 cm³/mol. The molecule has 0 bridgehead atoms. The zero-order chi connectivity index (χ0) is 21.1. The highest BCUT2D eigenvalue weighted by Gasteiger charge is 2.26. The number of carbonyl (C=O) groups is 1. The second-order valence-corrected chi connectivity index (χ2v) is 8.61. The van der Waals surface area contributed by atoms with Crippen molar-refractivity contribution in [1.29, 1.82) is 0 Å². The number of rotatable bonds is 6. The molecule has 10 nitrogen and oxygen atoms in total. The fourth-order valence-corrected chi connectivity index (χ4v) is 4.39. The van der Waals surface area contributed by atoms with E-state index in [-0.39, 0.29) is 16.5 Å². The molecule has 2 aromatic heterocycles. The Bertz CT molecular complexity index is 1100. The third-order valence-corrected chi connectivity index (χ3v) is 6.54. The van der Waals surface area contributed by atoms with Crippen LogP contribution in [0.2, 0.25) is 0 Å². The fourth-order valence-electron chi connectivity index (χ4n) is 2.98. The quantitative estimate of drug-likeness (QED) is 0.625. The Morgan fingerprint density at radius 2 is 1.90 bits per heavy atom. The average molecular weight is 432 g/mol. The highest BCUT2D eigenvalue weighted by atomic mass is 32.2. The number of carbonyl (C=O) groups excluding carboxylic acids is 1. The molecule has 3 heterocycles. The minimum absolute atomic E-state index is 0.179. The molecule has 4 rings (SSSR count). The molecule has 0 aliphatic carbocycles. The van der Waals surface area contributed by atoms with E-state index in [1.807, 2.05) is 0 Å². The topological polar surface area (TPSA) is 128 Å². The molecule has 1 aliphatic heterocycles. The number of sulfonamides is 1. The minimum Gasteiger partial charge on any atom is -0.459 e. The van der Waals surface area contributed by atoms with Gasteiger partial charge in [-0.1, -0.05) is 5.16 Å². The molecule has 0 radical (unpaired) electrons. The van der Waals surface area contributed by atoms with Crippen LogP contribution in [0.3, 0.4) is 0 Å². The molecule has 0 spiro atoms. The van der Waals surface area contributed by atoms with E-state index < -0.39 is 22.0 Å². The van der Waals surface area contributed by atoms with E-state index in [1.165, 1.54) is 22.7 Å². The summed E-state index contributed by atoms with van der Waals surface area (Å²) in [5.41, 5.74) is 0.593. The monoisotopic (exact) mass is 432 g/mol. The lowest BCUT2D eigenvalue weighted by Crippen LogP contribution is -2.40. The molecule has 3 aromatic rings. The van der Waals surface area contributed by atoms with Crippen molar-refractivity contribution in [2.45, 2.75) is 17.9 Å². The van der Waals surface area contributed by atoms with Gasteiger partial charge in [-0.25, -0.2) is 8.42 Å². The third-order valence-electron chi connectivity index (χ3n) is 4.63. The summed E-state index contributed by atoms with van der Waals surface area (Å²) in [6.45, 7) is 3.14. The number of morpholine rings is 1. The van der Waals surface area contributed by atoms with Crippen molar-refractivity contribution in [2.24, 2.45) is 0 Å². The third kappa shape index (κ3) is 4.13. The molecule has 1 fully saturated rings. The molecule has 0 unspecified atom stereocenters. The molecule has 1 amide bonds. The van der Waals surface area contributed by atoms with Gasteiger partial charge >= 0.3 is 0 Å². The Labute approximate surface area is 172 Å². The van der Waals surface area contributed by atoms with Gasteiger partial charge in [-0.05, 0) is 43.3 Å². The number of benzene rings is 1. The number of amides is 1. The maximum atomic E-state index is 12.7. The van der Waals surface area contributed by atoms with Crippen LogP contribution in [0.5, 0.6) is 0 Å². The lowest BCUT2D eigenvalue weighted by atomic mass is 10.2. The van der Waals surface area contributed by atoms with Crippen LogP contribution >= 0.6 is 0 Å². The molecule has 1 atom stereocenters. The number of aromatic nitrogens is 2. The number of hydrogen-bond donors (Lipinski definition) is 1. The molecule has 1 aromatic carbocycles. The number of nitrogens with zero attached hydrogens (tertiary/aromatic N) is 3. The van der Waals surface area contributed by atoms with Crippen LogP contribution in [0.25, 0.3) is 11.4 Å². The second-order valence-electron chi connectivity index (χ2n) is 6.67. The van der Waals surface area contributed by atoms with Crippen molar-refractivity contribution in [3.63, 3.8) is 0 Å². The maximum Gasteiger partial charge on any atom is 0.287 e. The molecular formula is C19H20N4O6S. The first kappa shape index (κ1) is 20.3. The van der Waals surface area contributed by atoms with Gasteiger partial charge in [0.2, 0.25) is 21.7 Å². The van der Waals surface area contributed by atoms with Crippen LogP contribution in [0, 0.1) is 0 Å². The van der Waals surface area contributed by atoms with Crippen LogP contribution < -0.4 is 5.32 Å². The van der Waals surface area contributed by atoms with E-state index in [1.54, 1.807) is 31.2 Å². The lowest BCUT2D eigenvalue weighted by molar-refractivity contribution is 0.0730. The standard InChI is InChI=1S/C19H20N4O6S/c1-13(20-18(24)16-3-2-10-28-16)19-21-17(22-29-19)14-4-6-15(7-5-14)30(25,26)23-8-11-27-12-9-23/h2-7,10,13H,8-9,11-12H2,1H3,(H,20,24)/t13-/m1/s1. The van der Waals surface area contributed by atoms with Crippen molar-refractivity contribution in [2.75, 3.05) is 26.3 Å². The number of nitrogens with one attached hydrogen (secondary N) is 1. The summed E-state index contributed by atoms with van der Waals surface area (Å²) in [6.07, 6.45) is 1.41. The van der Waals surface area contributed by atoms with Crippen LogP contribution in [0.15, 0.2) is 56.5 Å². The smallest absolute Gasteiger partial charge is 0.287 e. The van der Waals surface area contributed by atoms with Gasteiger partial charge in [0.25, 0.3) is 5.91 Å². The number of hydrogen-bond acceptors (Lipinski definition) is 8. The SMILES string of the molecule is C[C@@H](NC(=O)c1ccco1)c1nc(-c2ccc(S(=O)(=O)N3CCOCC3)cc2)no1. The van der Waals surface area contributed by atoms with Gasteiger partial charge in [0.15, 0.2) is 5.76 Å². The van der Waals surface area contributed by atoms with Gasteiger partial charge in [0.1, 0.15) is 6.04 Å². The minimum atomic E-state index is -3.57. The molecule has 1 N–H and O–H groups in total. The Morgan fingerprint density at radius 1 is 1.17 bits per heavy atom. The van der Waals surface area contributed by atoms with Crippen LogP contribution in [0.1, 0.15) is 29.4 Å². The highest BCUT2D eigenvalue weighted by Crippen LogP contribution is 2.23. The molecule has 158 valence electrons. The summed E-state index contributed by atoms with van der Waals surface area (Å²) in [4.78, 5) is 16.6. The second kappa shape index (κ2) is 8.38. The Morgan fingerprint density at radius 3 is 2.57 bits per heavy atom. The molecular weight excluding hydrogens is 412 g/mol. The average Bonchev–Trinajstić information content (AvgIpc) is 3.47. The van der Waals surface area contributed by atoms with Crippen molar-refractivity contribution in [3.8, 4) is 11.4 Å². The summed E-state index contributed by atoms with van der Waals surface area (Å²) in [7, 11) is -3.57. The molecule has 1 aliphatic rings. The first-order valence-electron chi connectivity index (χ1n) is 9.31. The summed E-state index contributed by atoms with van der Waals surface area (Å²) in [5, 5.41) is 6.63. The van der Waals surface area contributed by atoms with E-state index in [0.717, 1.165) is 0 Å². The Kier molecular flexibility index (Phi) is 5.66. The molecule has 11 heteroatoms. The molecule has 0 saturated carbocycles. The largest absolute Gasteiger partial charge is 0.459 e. The summed E-state index contributed by atoms with van der Waals surface area (Å²) >= 11 is 0. The van der Waals surface area contributed by atoms with Crippen molar-refractivity contribution < 1.29 is 26.9 Å². The highest BCUT2D eigenvalue weighted by molar-refractivity contribution is 7.89. The zero-order valence-electron chi connectivity index (χ0n) is 16.1. The van der Waals surface area contributed by atoms with E-state index in [4.69, 9.17) is 13.7 Å². The summed E-state index contributed by atoms with van der Waals surface area (Å²) < 4.78 is 42.3. The van der Waals surface area contributed by atoms with Gasteiger partial charge in [0.05, 0.1) is 24.4 Å². The van der Waals surface area contributed by atoms with Gasteiger partial charge < -0.3 is 19.0 Å². The van der Waals surface area contributed by atoms with Gasteiger partial charge in [0, 0.05) is 18.7 Å². The van der Waals surface area contributed by atoms with Crippen LogP contribution in [0.4, 0.5) is 0 Å². The molecule has 30 heavy (non-hydrogen) atoms. The normalized spacial score (nSPS) is 16.3. The summed E-state index contributed by atoms with van der Waals surface area (Å²) in [5.74, 6) is 0.290. The van der Waals surface area contributed by atoms with E-state index in [2.05, 4.69) is 15.5 Å². The summed E-state index contributed by atoms with van der Waals surface area (Å²) in [6, 6.07) is 8.89. The van der Waals surface area contributed by atoms with Crippen molar-refractivity contribution >= 4 is 15.9 Å². The van der Waals surface area contributed by atoms with Crippen molar-refractivity contribution in [1.82, 2.24) is 19.8 Å². The first-order valence-corrected chi connectivity index (χ1v) is 10.8. The van der Waals surface area contributed by atoms with Crippen LogP contribution in [-0.4, -0.2) is 55.1 Å². The van der Waals surface area contributed by atoms with Gasteiger partial charge in [-0.15, -0.1) is 0 Å². The van der Waals surface area contributed by atoms with Gasteiger partial charge in [-0.3, -0.25) is 4.79 Å². The zero-order valence-corrected chi connectivity index (χ0v) is 17.0. The lowest BCUT2D eigenvalue weighted by Gasteiger charge is -2.26. The van der Waals surface area contributed by atoms with E-state index in [0.29, 0.717) is 37.7 Å². The number of furan rings is 1. The van der Waals surface area contributed by atoms with E-state index >= 15 is 0 Å². The van der Waals surface area contributed by atoms with Crippen molar-refractivity contribution in [3.05, 3.63) is 54.3 Å². The predicted octanol–water partition coefficient (Wildman–Crippen LogP) is 1.84. The Hall–Kier alpha value is -3.02. The van der Waals surface area contributed by atoms with E-state index in [9.17, 15) is 13.2 Å². The first-order chi connectivity index (χ1) is 14.4. The maximum absolute atomic E-state index is 12.7. The fraction of sp³-hybridized carbons (Fsp3) is 0.316. The van der Waals surface area contributed by atoms with Gasteiger partial charge in [-0.2, -0.15) is 9.29 Å². The number of ether oxygens (including phenoxy) is 1. The molecule has 1 saturated heterocycles. The van der Waals surface area contributed by atoms with Crippen LogP contribution in [-0.2, 0) is 14.8 Å².